The van der Waals surface area contributed by atoms with Gasteiger partial charge in [0.2, 0.25) is 0 Å². The van der Waals surface area contributed by atoms with Crippen molar-refractivity contribution in [1.29, 1.82) is 0 Å². The molecule has 116 valence electrons. The Morgan fingerprint density at radius 1 is 1.36 bits per heavy atom. The molecule has 0 saturated carbocycles. The van der Waals surface area contributed by atoms with E-state index in [0.29, 0.717) is 15.6 Å². The molecule has 1 aliphatic rings. The fraction of sp³-hybridized carbons (Fsp3) is 0.214. The first-order chi connectivity index (χ1) is 10.4. The van der Waals surface area contributed by atoms with Crippen molar-refractivity contribution in [3.05, 3.63) is 38.7 Å². The number of amides is 2. The summed E-state index contributed by atoms with van der Waals surface area (Å²) in [6.45, 7) is 1.43. The van der Waals surface area contributed by atoms with Gasteiger partial charge in [-0.15, -0.1) is 0 Å². The Morgan fingerprint density at radius 2 is 2.09 bits per heavy atom. The quantitative estimate of drug-likeness (QED) is 0.607. The van der Waals surface area contributed by atoms with Crippen LogP contribution in [0.25, 0.3) is 6.08 Å². The van der Waals surface area contributed by atoms with Crippen LogP contribution in [0.15, 0.2) is 23.1 Å². The van der Waals surface area contributed by atoms with Crippen LogP contribution in [-0.2, 0) is 14.3 Å². The lowest BCUT2D eigenvalue weighted by Crippen LogP contribution is -2.34. The molecule has 0 radical (unpaired) electrons. The van der Waals surface area contributed by atoms with Gasteiger partial charge in [-0.25, -0.2) is 0 Å². The molecule has 8 heteroatoms. The van der Waals surface area contributed by atoms with Crippen molar-refractivity contribution in [1.82, 2.24) is 4.90 Å². The zero-order chi connectivity index (χ0) is 16.3. The molecule has 1 aliphatic heterocycles. The van der Waals surface area contributed by atoms with Crippen LogP contribution >= 0.6 is 35.0 Å². The Morgan fingerprint density at radius 3 is 2.77 bits per heavy atom. The number of ether oxygens (including phenoxy) is 1. The van der Waals surface area contributed by atoms with Crippen molar-refractivity contribution in [2.45, 2.75) is 6.92 Å². The molecule has 2 amide bonds. The van der Waals surface area contributed by atoms with E-state index in [0.717, 1.165) is 16.7 Å². The van der Waals surface area contributed by atoms with Crippen LogP contribution in [0.3, 0.4) is 0 Å². The lowest BCUT2D eigenvalue weighted by atomic mass is 10.2. The molecule has 0 spiro atoms. The third kappa shape index (κ3) is 3.63. The minimum Gasteiger partial charge on any atom is -0.465 e. The third-order valence-electron chi connectivity index (χ3n) is 2.73. The predicted molar refractivity (Wildman–Crippen MR) is 85.8 cm³/mol. The average Bonchev–Trinajstić information content (AvgIpc) is 2.72. The van der Waals surface area contributed by atoms with Crippen molar-refractivity contribution < 1.29 is 19.1 Å². The first-order valence-electron chi connectivity index (χ1n) is 6.29. The van der Waals surface area contributed by atoms with Crippen LogP contribution in [0.1, 0.15) is 12.5 Å². The van der Waals surface area contributed by atoms with E-state index in [4.69, 9.17) is 27.9 Å². The number of thioether (sulfide) groups is 1. The van der Waals surface area contributed by atoms with Crippen molar-refractivity contribution in [3.63, 3.8) is 0 Å². The number of esters is 1. The van der Waals surface area contributed by atoms with Crippen molar-refractivity contribution in [2.75, 3.05) is 13.2 Å². The second-order valence-corrected chi connectivity index (χ2v) is 5.99. The molecule has 2 rings (SSSR count). The summed E-state index contributed by atoms with van der Waals surface area (Å²) in [6.07, 6.45) is 1.48. The SMILES string of the molecule is CCOC(=O)CN1C(=O)S/C(=C\c2cccc(Cl)c2Cl)C1=O. The van der Waals surface area contributed by atoms with E-state index in [1.54, 1.807) is 25.1 Å². The van der Waals surface area contributed by atoms with E-state index in [-0.39, 0.29) is 11.5 Å². The molecule has 0 N–H and O–H groups in total. The van der Waals surface area contributed by atoms with Gasteiger partial charge in [0.25, 0.3) is 11.1 Å². The van der Waals surface area contributed by atoms with E-state index in [2.05, 4.69) is 0 Å². The molecular formula is C14H11Cl2NO4S. The molecule has 0 bridgehead atoms. The number of rotatable bonds is 4. The van der Waals surface area contributed by atoms with Crippen LogP contribution in [0.4, 0.5) is 4.79 Å². The van der Waals surface area contributed by atoms with Gasteiger partial charge >= 0.3 is 5.97 Å². The normalized spacial score (nSPS) is 16.5. The van der Waals surface area contributed by atoms with Crippen molar-refractivity contribution >= 4 is 58.2 Å². The summed E-state index contributed by atoms with van der Waals surface area (Å²) < 4.78 is 4.74. The van der Waals surface area contributed by atoms with E-state index >= 15 is 0 Å². The standard InChI is InChI=1S/C14H11Cl2NO4S/c1-2-21-11(18)7-17-13(19)10(22-14(17)20)6-8-4-3-5-9(15)12(8)16/h3-6H,2,7H2,1H3/b10-6-. The van der Waals surface area contributed by atoms with Crippen LogP contribution in [0.2, 0.25) is 10.0 Å². The fourth-order valence-corrected chi connectivity index (χ4v) is 2.94. The Balaban J connectivity index is 2.22. The second kappa shape index (κ2) is 7.17. The Bertz CT molecular complexity index is 675. The highest BCUT2D eigenvalue weighted by Gasteiger charge is 2.36. The maximum absolute atomic E-state index is 12.2. The molecule has 0 atom stereocenters. The summed E-state index contributed by atoms with van der Waals surface area (Å²) in [6, 6.07) is 4.98. The Kier molecular flexibility index (Phi) is 5.50. The van der Waals surface area contributed by atoms with Crippen LogP contribution < -0.4 is 0 Å². The zero-order valence-electron chi connectivity index (χ0n) is 11.5. The van der Waals surface area contributed by atoms with Crippen molar-refractivity contribution in [2.24, 2.45) is 0 Å². The number of hydrogen-bond acceptors (Lipinski definition) is 5. The molecule has 0 aliphatic carbocycles. The second-order valence-electron chi connectivity index (χ2n) is 4.22. The average molecular weight is 360 g/mol. The summed E-state index contributed by atoms with van der Waals surface area (Å²) in [5, 5.41) is 0.116. The number of imide groups is 1. The number of carbonyl (C=O) groups is 3. The van der Waals surface area contributed by atoms with Gasteiger partial charge in [-0.1, -0.05) is 35.3 Å². The van der Waals surface area contributed by atoms with Crippen LogP contribution in [0, 0.1) is 0 Å². The summed E-state index contributed by atoms with van der Waals surface area (Å²) in [5.41, 5.74) is 0.524. The van der Waals surface area contributed by atoms with Gasteiger partial charge < -0.3 is 4.74 Å². The lowest BCUT2D eigenvalue weighted by Gasteiger charge is -2.10. The first-order valence-corrected chi connectivity index (χ1v) is 7.86. The Hall–Kier alpha value is -1.50. The molecule has 5 nitrogen and oxygen atoms in total. The highest BCUT2D eigenvalue weighted by atomic mass is 35.5. The number of carbonyl (C=O) groups excluding carboxylic acids is 3. The van der Waals surface area contributed by atoms with Gasteiger partial charge in [0.1, 0.15) is 6.54 Å². The number of benzene rings is 1. The molecule has 1 heterocycles. The van der Waals surface area contributed by atoms with Gasteiger partial charge in [-0.2, -0.15) is 0 Å². The van der Waals surface area contributed by atoms with Crippen molar-refractivity contribution in [3.8, 4) is 0 Å². The topological polar surface area (TPSA) is 63.7 Å². The maximum Gasteiger partial charge on any atom is 0.326 e. The predicted octanol–water partition coefficient (Wildman–Crippen LogP) is 3.59. The minimum absolute atomic E-state index is 0.179. The first kappa shape index (κ1) is 16.9. The van der Waals surface area contributed by atoms with Gasteiger partial charge in [-0.05, 0) is 36.4 Å². The highest BCUT2D eigenvalue weighted by molar-refractivity contribution is 8.18. The van der Waals surface area contributed by atoms with E-state index < -0.39 is 23.7 Å². The Labute approximate surface area is 141 Å². The van der Waals surface area contributed by atoms with Gasteiger partial charge in [0.15, 0.2) is 0 Å². The summed E-state index contributed by atoms with van der Waals surface area (Å²) in [7, 11) is 0. The number of nitrogens with zero attached hydrogens (tertiary/aromatic N) is 1. The molecule has 0 unspecified atom stereocenters. The largest absolute Gasteiger partial charge is 0.465 e. The molecule has 0 aromatic heterocycles. The third-order valence-corrected chi connectivity index (χ3v) is 4.48. The lowest BCUT2D eigenvalue weighted by molar-refractivity contribution is -0.145. The summed E-state index contributed by atoms with van der Waals surface area (Å²) >= 11 is 12.7. The molecule has 1 fully saturated rings. The minimum atomic E-state index is -0.633. The highest BCUT2D eigenvalue weighted by Crippen LogP contribution is 2.34. The summed E-state index contributed by atoms with van der Waals surface area (Å²) in [4.78, 5) is 36.5. The smallest absolute Gasteiger partial charge is 0.326 e. The number of hydrogen-bond donors (Lipinski definition) is 0. The van der Waals surface area contributed by atoms with E-state index in [1.807, 2.05) is 0 Å². The number of halogens is 2. The molecule has 1 saturated heterocycles. The van der Waals surface area contributed by atoms with Gasteiger partial charge in [0, 0.05) is 0 Å². The maximum atomic E-state index is 12.2. The van der Waals surface area contributed by atoms with E-state index in [1.165, 1.54) is 6.08 Å². The van der Waals surface area contributed by atoms with Gasteiger partial charge in [0.05, 0.1) is 21.6 Å². The van der Waals surface area contributed by atoms with Crippen LogP contribution in [-0.4, -0.2) is 35.2 Å². The monoisotopic (exact) mass is 359 g/mol. The van der Waals surface area contributed by atoms with Crippen LogP contribution in [0.5, 0.6) is 0 Å². The molecule has 22 heavy (non-hydrogen) atoms. The van der Waals surface area contributed by atoms with E-state index in [9.17, 15) is 14.4 Å². The molecule has 1 aromatic carbocycles. The van der Waals surface area contributed by atoms with Gasteiger partial charge in [-0.3, -0.25) is 19.3 Å². The molecule has 1 aromatic rings. The zero-order valence-corrected chi connectivity index (χ0v) is 13.8. The summed E-state index contributed by atoms with van der Waals surface area (Å²) in [5.74, 6) is -1.19. The molecular weight excluding hydrogens is 349 g/mol. The fourth-order valence-electron chi connectivity index (χ4n) is 1.75.